The summed E-state index contributed by atoms with van der Waals surface area (Å²) in [6.07, 6.45) is 0.838. The maximum atomic E-state index is 11.9. The van der Waals surface area contributed by atoms with E-state index in [9.17, 15) is 4.79 Å². The normalized spacial score (nSPS) is 18.1. The Kier molecular flexibility index (Phi) is 1.88. The Morgan fingerprint density at radius 1 is 1.36 bits per heavy atom. The molecular formula is C12H14O2. The average molecular weight is 190 g/mol. The molecule has 0 fully saturated rings. The first kappa shape index (κ1) is 9.25. The zero-order valence-electron chi connectivity index (χ0n) is 8.76. The van der Waals surface area contributed by atoms with Gasteiger partial charge in [0, 0.05) is 11.0 Å². The molecule has 2 rings (SSSR count). The molecule has 0 unspecified atom stereocenters. The molecule has 0 saturated heterocycles. The number of carbonyl (C=O) groups is 1. The van der Waals surface area contributed by atoms with Crippen molar-refractivity contribution in [2.24, 2.45) is 5.41 Å². The lowest BCUT2D eigenvalue weighted by molar-refractivity contribution is 0.0863. The van der Waals surface area contributed by atoms with Gasteiger partial charge in [0.05, 0.1) is 7.11 Å². The van der Waals surface area contributed by atoms with Crippen LogP contribution in [0.15, 0.2) is 18.2 Å². The Balaban J connectivity index is 2.51. The molecule has 0 spiro atoms. The molecular weight excluding hydrogens is 176 g/mol. The van der Waals surface area contributed by atoms with Crippen LogP contribution in [0, 0.1) is 5.41 Å². The van der Waals surface area contributed by atoms with Crippen molar-refractivity contribution < 1.29 is 9.53 Å². The molecule has 0 N–H and O–H groups in total. The largest absolute Gasteiger partial charge is 0.497 e. The van der Waals surface area contributed by atoms with Gasteiger partial charge in [-0.25, -0.2) is 0 Å². The molecule has 0 aromatic heterocycles. The number of hydrogen-bond donors (Lipinski definition) is 0. The molecule has 0 amide bonds. The van der Waals surface area contributed by atoms with Crippen LogP contribution in [-0.4, -0.2) is 12.9 Å². The van der Waals surface area contributed by atoms with E-state index in [4.69, 9.17) is 4.74 Å². The predicted molar refractivity (Wildman–Crippen MR) is 54.8 cm³/mol. The van der Waals surface area contributed by atoms with Crippen LogP contribution in [0.5, 0.6) is 5.75 Å². The van der Waals surface area contributed by atoms with Gasteiger partial charge in [0.1, 0.15) is 5.75 Å². The molecule has 74 valence electrons. The van der Waals surface area contributed by atoms with E-state index in [1.54, 1.807) is 7.11 Å². The van der Waals surface area contributed by atoms with Crippen LogP contribution < -0.4 is 4.74 Å². The van der Waals surface area contributed by atoms with Crippen molar-refractivity contribution >= 4 is 5.78 Å². The first-order chi connectivity index (χ1) is 6.54. The highest BCUT2D eigenvalue weighted by Crippen LogP contribution is 2.37. The van der Waals surface area contributed by atoms with Crippen LogP contribution in [0.1, 0.15) is 29.8 Å². The van der Waals surface area contributed by atoms with E-state index >= 15 is 0 Å². The van der Waals surface area contributed by atoms with Gasteiger partial charge in [0.15, 0.2) is 5.78 Å². The first-order valence-electron chi connectivity index (χ1n) is 4.76. The number of carbonyl (C=O) groups excluding carboxylic acids is 1. The summed E-state index contributed by atoms with van der Waals surface area (Å²) >= 11 is 0. The summed E-state index contributed by atoms with van der Waals surface area (Å²) in [7, 11) is 1.62. The number of Topliss-reactive ketones (excluding diaryl/α,β-unsaturated/α-hetero) is 1. The predicted octanol–water partition coefficient (Wildman–Crippen LogP) is 2.46. The molecule has 2 nitrogen and oxygen atoms in total. The highest BCUT2D eigenvalue weighted by atomic mass is 16.5. The Bertz CT molecular complexity index is 391. The van der Waals surface area contributed by atoms with E-state index in [0.717, 1.165) is 23.3 Å². The second-order valence-corrected chi connectivity index (χ2v) is 4.41. The lowest BCUT2D eigenvalue weighted by Gasteiger charge is -2.12. The SMILES string of the molecule is COc1ccc2c(c1)C(=O)C(C)(C)C2. The molecule has 0 saturated carbocycles. The van der Waals surface area contributed by atoms with E-state index in [0.29, 0.717) is 0 Å². The third kappa shape index (κ3) is 1.22. The topological polar surface area (TPSA) is 26.3 Å². The summed E-state index contributed by atoms with van der Waals surface area (Å²) in [4.78, 5) is 11.9. The van der Waals surface area contributed by atoms with Crippen LogP contribution >= 0.6 is 0 Å². The molecule has 0 aliphatic heterocycles. The van der Waals surface area contributed by atoms with Gasteiger partial charge in [-0.1, -0.05) is 19.9 Å². The second kappa shape index (κ2) is 2.84. The highest BCUT2D eigenvalue weighted by Gasteiger charge is 2.37. The van der Waals surface area contributed by atoms with Crippen molar-refractivity contribution in [3.8, 4) is 5.75 Å². The van der Waals surface area contributed by atoms with Crippen LogP contribution in [0.4, 0.5) is 0 Å². The van der Waals surface area contributed by atoms with Crippen molar-refractivity contribution in [3.05, 3.63) is 29.3 Å². The summed E-state index contributed by atoms with van der Waals surface area (Å²) in [5.41, 5.74) is 1.73. The van der Waals surface area contributed by atoms with Crippen molar-refractivity contribution in [1.29, 1.82) is 0 Å². The van der Waals surface area contributed by atoms with Gasteiger partial charge in [-0.3, -0.25) is 4.79 Å². The minimum Gasteiger partial charge on any atom is -0.497 e. The van der Waals surface area contributed by atoms with E-state index in [-0.39, 0.29) is 11.2 Å². The van der Waals surface area contributed by atoms with Crippen molar-refractivity contribution in [3.63, 3.8) is 0 Å². The Hall–Kier alpha value is -1.31. The molecule has 0 heterocycles. The third-order valence-electron chi connectivity index (χ3n) is 2.81. The van der Waals surface area contributed by atoms with Crippen LogP contribution in [0.2, 0.25) is 0 Å². The number of ether oxygens (including phenoxy) is 1. The summed E-state index contributed by atoms with van der Waals surface area (Å²) < 4.78 is 5.10. The van der Waals surface area contributed by atoms with E-state index in [1.807, 2.05) is 32.0 Å². The van der Waals surface area contributed by atoms with Gasteiger partial charge in [-0.2, -0.15) is 0 Å². The number of benzene rings is 1. The van der Waals surface area contributed by atoms with Crippen LogP contribution in [0.3, 0.4) is 0 Å². The van der Waals surface area contributed by atoms with Crippen molar-refractivity contribution in [1.82, 2.24) is 0 Å². The maximum Gasteiger partial charge on any atom is 0.169 e. The van der Waals surface area contributed by atoms with Gasteiger partial charge in [-0.15, -0.1) is 0 Å². The number of hydrogen-bond acceptors (Lipinski definition) is 2. The van der Waals surface area contributed by atoms with Gasteiger partial charge < -0.3 is 4.74 Å². The van der Waals surface area contributed by atoms with Gasteiger partial charge >= 0.3 is 0 Å². The van der Waals surface area contributed by atoms with E-state index in [1.165, 1.54) is 0 Å². The smallest absolute Gasteiger partial charge is 0.169 e. The lowest BCUT2D eigenvalue weighted by atomic mass is 9.89. The third-order valence-corrected chi connectivity index (χ3v) is 2.81. The number of ketones is 1. The van der Waals surface area contributed by atoms with Crippen molar-refractivity contribution in [2.45, 2.75) is 20.3 Å². The highest BCUT2D eigenvalue weighted by molar-refractivity contribution is 6.04. The summed E-state index contributed by atoms with van der Waals surface area (Å²) in [5, 5.41) is 0. The van der Waals surface area contributed by atoms with Gasteiger partial charge in [0.2, 0.25) is 0 Å². The maximum absolute atomic E-state index is 11.9. The van der Waals surface area contributed by atoms with Crippen LogP contribution in [0.25, 0.3) is 0 Å². The summed E-state index contributed by atoms with van der Waals surface area (Å²) in [5.74, 6) is 0.987. The zero-order chi connectivity index (χ0) is 10.3. The average Bonchev–Trinajstić information content (AvgIpc) is 2.38. The molecule has 1 aromatic rings. The van der Waals surface area contributed by atoms with Crippen LogP contribution in [-0.2, 0) is 6.42 Å². The van der Waals surface area contributed by atoms with Gasteiger partial charge in [0.25, 0.3) is 0 Å². The lowest BCUT2D eigenvalue weighted by Crippen LogP contribution is -2.18. The first-order valence-corrected chi connectivity index (χ1v) is 4.76. The fourth-order valence-electron chi connectivity index (χ4n) is 1.97. The number of rotatable bonds is 1. The molecule has 1 aromatic carbocycles. The molecule has 1 aliphatic carbocycles. The quantitative estimate of drug-likeness (QED) is 0.680. The second-order valence-electron chi connectivity index (χ2n) is 4.41. The monoisotopic (exact) mass is 190 g/mol. The number of fused-ring (bicyclic) bond motifs is 1. The molecule has 2 heteroatoms. The Morgan fingerprint density at radius 3 is 2.71 bits per heavy atom. The van der Waals surface area contributed by atoms with E-state index < -0.39 is 0 Å². The van der Waals surface area contributed by atoms with Gasteiger partial charge in [-0.05, 0) is 24.1 Å². The fourth-order valence-corrected chi connectivity index (χ4v) is 1.97. The molecule has 0 radical (unpaired) electrons. The zero-order valence-corrected chi connectivity index (χ0v) is 8.76. The Morgan fingerprint density at radius 2 is 2.07 bits per heavy atom. The molecule has 0 atom stereocenters. The molecule has 0 bridgehead atoms. The molecule has 1 aliphatic rings. The Labute approximate surface area is 83.9 Å². The minimum atomic E-state index is -0.241. The molecule has 14 heavy (non-hydrogen) atoms. The van der Waals surface area contributed by atoms with E-state index in [2.05, 4.69) is 0 Å². The summed E-state index contributed by atoms with van der Waals surface area (Å²) in [6.45, 7) is 3.98. The fraction of sp³-hybridized carbons (Fsp3) is 0.417. The number of methoxy groups -OCH3 is 1. The summed E-state index contributed by atoms with van der Waals surface area (Å²) in [6, 6.07) is 5.74. The standard InChI is InChI=1S/C12H14O2/c1-12(2)7-8-4-5-9(14-3)6-10(8)11(12)13/h4-6H,7H2,1-3H3. The minimum absolute atomic E-state index is 0.228. The van der Waals surface area contributed by atoms with Crippen molar-refractivity contribution in [2.75, 3.05) is 7.11 Å².